The SMILES string of the molecule is CCOC(=O)CCNC(=O)N1CCN(Cc2nc3cc(C(=O)NC(C)C)ccc3n2C)CC1. The Kier molecular flexibility index (Phi) is 8.26. The van der Waals surface area contributed by atoms with E-state index in [1.165, 1.54) is 0 Å². The number of amides is 3. The molecule has 1 fully saturated rings. The van der Waals surface area contributed by atoms with Crippen molar-refractivity contribution in [3.8, 4) is 0 Å². The minimum atomic E-state index is -0.308. The minimum absolute atomic E-state index is 0.0748. The van der Waals surface area contributed by atoms with Gasteiger partial charge in [-0.2, -0.15) is 0 Å². The summed E-state index contributed by atoms with van der Waals surface area (Å²) >= 11 is 0. The number of piperazine rings is 1. The minimum Gasteiger partial charge on any atom is -0.466 e. The molecule has 0 bridgehead atoms. The van der Waals surface area contributed by atoms with E-state index in [9.17, 15) is 14.4 Å². The molecule has 2 N–H and O–H groups in total. The number of esters is 1. The Bertz CT molecular complexity index is 994. The molecule has 2 heterocycles. The number of ether oxygens (including phenoxy) is 1. The molecule has 2 aromatic rings. The molecule has 180 valence electrons. The Hall–Kier alpha value is -3.14. The van der Waals surface area contributed by atoms with Crippen LogP contribution in [0.3, 0.4) is 0 Å². The highest BCUT2D eigenvalue weighted by atomic mass is 16.5. The van der Waals surface area contributed by atoms with Crippen molar-refractivity contribution in [2.45, 2.75) is 39.8 Å². The highest BCUT2D eigenvalue weighted by Gasteiger charge is 2.22. The molecule has 10 nitrogen and oxygen atoms in total. The van der Waals surface area contributed by atoms with Crippen LogP contribution in [0.25, 0.3) is 11.0 Å². The first-order chi connectivity index (χ1) is 15.8. The Morgan fingerprint density at radius 1 is 1.15 bits per heavy atom. The summed E-state index contributed by atoms with van der Waals surface area (Å²) in [4.78, 5) is 44.8. The second-order valence-corrected chi connectivity index (χ2v) is 8.47. The first kappa shape index (κ1) is 24.5. The molecule has 3 amide bonds. The maximum Gasteiger partial charge on any atom is 0.317 e. The van der Waals surface area contributed by atoms with Gasteiger partial charge in [0, 0.05) is 51.4 Å². The maximum atomic E-state index is 12.3. The number of fused-ring (bicyclic) bond motifs is 1. The van der Waals surface area contributed by atoms with Crippen LogP contribution in [0.2, 0.25) is 0 Å². The molecular formula is C23H34N6O4. The van der Waals surface area contributed by atoms with Crippen LogP contribution in [0.1, 0.15) is 43.4 Å². The van der Waals surface area contributed by atoms with Crippen LogP contribution < -0.4 is 10.6 Å². The molecule has 1 aliphatic rings. The number of aryl methyl sites for hydroxylation is 1. The number of carbonyl (C=O) groups excluding carboxylic acids is 3. The first-order valence-corrected chi connectivity index (χ1v) is 11.5. The van der Waals surface area contributed by atoms with E-state index in [1.54, 1.807) is 11.8 Å². The lowest BCUT2D eigenvalue weighted by atomic mass is 10.2. The van der Waals surface area contributed by atoms with Gasteiger partial charge in [0.25, 0.3) is 5.91 Å². The predicted molar refractivity (Wildman–Crippen MR) is 125 cm³/mol. The van der Waals surface area contributed by atoms with Gasteiger partial charge in [0.15, 0.2) is 0 Å². The summed E-state index contributed by atoms with van der Waals surface area (Å²) in [7, 11) is 1.98. The van der Waals surface area contributed by atoms with Crippen LogP contribution in [0.4, 0.5) is 4.79 Å². The van der Waals surface area contributed by atoms with Crippen LogP contribution >= 0.6 is 0 Å². The Balaban J connectivity index is 1.53. The van der Waals surface area contributed by atoms with Gasteiger partial charge in [0.1, 0.15) is 5.82 Å². The zero-order valence-corrected chi connectivity index (χ0v) is 19.9. The standard InChI is InChI=1S/C23H34N6O4/c1-5-33-21(30)8-9-24-23(32)29-12-10-28(11-13-29)15-20-26-18-14-17(22(31)25-16(2)3)6-7-19(18)27(20)4/h6-7,14,16H,5,8-13,15H2,1-4H3,(H,24,32)(H,25,31). The van der Waals surface area contributed by atoms with E-state index >= 15 is 0 Å². The number of carbonyl (C=O) groups is 3. The number of hydrogen-bond donors (Lipinski definition) is 2. The van der Waals surface area contributed by atoms with Crippen LogP contribution in [-0.2, 0) is 23.1 Å². The van der Waals surface area contributed by atoms with Gasteiger partial charge in [-0.05, 0) is 39.0 Å². The fraction of sp³-hybridized carbons (Fsp3) is 0.565. The first-order valence-electron chi connectivity index (χ1n) is 11.5. The van der Waals surface area contributed by atoms with Crippen LogP contribution in [-0.4, -0.2) is 82.6 Å². The molecule has 0 atom stereocenters. The van der Waals surface area contributed by atoms with E-state index in [-0.39, 0.29) is 36.9 Å². The number of nitrogens with zero attached hydrogens (tertiary/aromatic N) is 4. The summed E-state index contributed by atoms with van der Waals surface area (Å²) in [6, 6.07) is 5.50. The molecule has 0 saturated carbocycles. The van der Waals surface area contributed by atoms with Gasteiger partial charge in [-0.15, -0.1) is 0 Å². The number of rotatable bonds is 8. The average Bonchev–Trinajstić information content (AvgIpc) is 3.08. The fourth-order valence-electron chi connectivity index (χ4n) is 3.80. The average molecular weight is 459 g/mol. The Morgan fingerprint density at radius 3 is 2.55 bits per heavy atom. The smallest absolute Gasteiger partial charge is 0.317 e. The van der Waals surface area contributed by atoms with Gasteiger partial charge in [0.2, 0.25) is 0 Å². The van der Waals surface area contributed by atoms with E-state index in [4.69, 9.17) is 9.72 Å². The third kappa shape index (κ3) is 6.44. The number of hydrogen-bond acceptors (Lipinski definition) is 6. The normalized spacial score (nSPS) is 14.5. The monoisotopic (exact) mass is 458 g/mol. The number of imidazole rings is 1. The Morgan fingerprint density at radius 2 is 1.88 bits per heavy atom. The molecule has 0 radical (unpaired) electrons. The molecule has 1 aliphatic heterocycles. The molecule has 0 unspecified atom stereocenters. The maximum absolute atomic E-state index is 12.3. The predicted octanol–water partition coefficient (Wildman–Crippen LogP) is 1.49. The van der Waals surface area contributed by atoms with Crippen molar-refractivity contribution >= 4 is 28.9 Å². The molecule has 1 aromatic carbocycles. The van der Waals surface area contributed by atoms with E-state index in [0.717, 1.165) is 29.9 Å². The lowest BCUT2D eigenvalue weighted by Crippen LogP contribution is -2.51. The number of nitrogens with one attached hydrogen (secondary N) is 2. The lowest BCUT2D eigenvalue weighted by Gasteiger charge is -2.34. The summed E-state index contributed by atoms with van der Waals surface area (Å²) in [6.07, 6.45) is 0.174. The topological polar surface area (TPSA) is 109 Å². The van der Waals surface area contributed by atoms with Gasteiger partial charge in [0.05, 0.1) is 30.6 Å². The van der Waals surface area contributed by atoms with E-state index < -0.39 is 0 Å². The van der Waals surface area contributed by atoms with Gasteiger partial charge >= 0.3 is 12.0 Å². The van der Waals surface area contributed by atoms with Crippen LogP contribution in [0.5, 0.6) is 0 Å². The van der Waals surface area contributed by atoms with Gasteiger partial charge < -0.3 is 24.8 Å². The van der Waals surface area contributed by atoms with Crippen LogP contribution in [0.15, 0.2) is 18.2 Å². The summed E-state index contributed by atoms with van der Waals surface area (Å²) in [5.74, 6) is 0.507. The number of aromatic nitrogens is 2. The van der Waals surface area contributed by atoms with E-state index in [0.29, 0.717) is 31.8 Å². The van der Waals surface area contributed by atoms with Crippen molar-refractivity contribution < 1.29 is 19.1 Å². The number of urea groups is 1. The molecule has 1 saturated heterocycles. The second kappa shape index (κ2) is 11.1. The highest BCUT2D eigenvalue weighted by molar-refractivity contribution is 5.97. The van der Waals surface area contributed by atoms with E-state index in [2.05, 4.69) is 15.5 Å². The number of benzene rings is 1. The zero-order valence-electron chi connectivity index (χ0n) is 19.9. The lowest BCUT2D eigenvalue weighted by molar-refractivity contribution is -0.142. The fourth-order valence-corrected chi connectivity index (χ4v) is 3.80. The van der Waals surface area contributed by atoms with Crippen molar-refractivity contribution in [3.05, 3.63) is 29.6 Å². The van der Waals surface area contributed by atoms with Crippen LogP contribution in [0, 0.1) is 0 Å². The van der Waals surface area contributed by atoms with Gasteiger partial charge in [-0.1, -0.05) is 0 Å². The van der Waals surface area contributed by atoms with Crippen molar-refractivity contribution in [3.63, 3.8) is 0 Å². The molecule has 0 spiro atoms. The molecule has 1 aromatic heterocycles. The zero-order chi connectivity index (χ0) is 24.0. The summed E-state index contributed by atoms with van der Waals surface area (Å²) < 4.78 is 6.92. The Labute approximate surface area is 194 Å². The third-order valence-corrected chi connectivity index (χ3v) is 5.59. The van der Waals surface area contributed by atoms with Gasteiger partial charge in [-0.3, -0.25) is 14.5 Å². The third-order valence-electron chi connectivity index (χ3n) is 5.59. The quantitative estimate of drug-likeness (QED) is 0.580. The molecule has 0 aliphatic carbocycles. The molecule has 3 rings (SSSR count). The van der Waals surface area contributed by atoms with Crippen molar-refractivity contribution in [1.29, 1.82) is 0 Å². The largest absolute Gasteiger partial charge is 0.466 e. The molecule has 10 heteroatoms. The summed E-state index contributed by atoms with van der Waals surface area (Å²) in [5, 5.41) is 5.68. The van der Waals surface area contributed by atoms with E-state index in [1.807, 2.05) is 43.7 Å². The van der Waals surface area contributed by atoms with Gasteiger partial charge in [-0.25, -0.2) is 9.78 Å². The van der Waals surface area contributed by atoms with Crippen molar-refractivity contribution in [1.82, 2.24) is 30.0 Å². The summed E-state index contributed by atoms with van der Waals surface area (Å²) in [6.45, 7) is 9.58. The second-order valence-electron chi connectivity index (χ2n) is 8.47. The highest BCUT2D eigenvalue weighted by Crippen LogP contribution is 2.19. The van der Waals surface area contributed by atoms with Crippen molar-refractivity contribution in [2.75, 3.05) is 39.3 Å². The summed E-state index contributed by atoms with van der Waals surface area (Å²) in [5.41, 5.74) is 2.37. The molecular weight excluding hydrogens is 424 g/mol. The van der Waals surface area contributed by atoms with Crippen molar-refractivity contribution in [2.24, 2.45) is 7.05 Å². The molecule has 33 heavy (non-hydrogen) atoms.